The molecule has 1 aliphatic rings. The minimum Gasteiger partial charge on any atom is -0.484 e. The van der Waals surface area contributed by atoms with Crippen LogP contribution >= 0.6 is 0 Å². The summed E-state index contributed by atoms with van der Waals surface area (Å²) in [5, 5.41) is 11.3. The first kappa shape index (κ1) is 21.3. The number of hydrogen-bond acceptors (Lipinski definition) is 5. The topological polar surface area (TPSA) is 112 Å². The number of hydrogen-bond donors (Lipinski definition) is 1. The molecule has 2 aromatic carbocycles. The number of benzene rings is 2. The third-order valence-corrected chi connectivity index (χ3v) is 5.85. The third-order valence-electron chi connectivity index (χ3n) is 4.55. The largest absolute Gasteiger partial charge is 0.484 e. The number of amides is 1. The number of carbonyl (C=O) groups is 1. The van der Waals surface area contributed by atoms with E-state index in [9.17, 15) is 13.2 Å². The van der Waals surface area contributed by atoms with Crippen molar-refractivity contribution in [2.75, 3.05) is 25.5 Å². The van der Waals surface area contributed by atoms with Crippen LogP contribution in [0.3, 0.4) is 0 Å². The molecular formula is C21H22N4O4S. The summed E-state index contributed by atoms with van der Waals surface area (Å²) in [6.45, 7) is 0.549. The standard InChI is InChI=1S/C21H22N4O4S/c1-25-13-3-6-20(25)24-30(27,28)19-5-2-4-17(14-19)23-21(26)15-29-18-9-7-16(8-10-18)11-12-22/h2,4-5,7-10,14H,3,6,11,13,15H2,1H3,(H,23,26)/b24-20+. The molecule has 0 saturated carbocycles. The summed E-state index contributed by atoms with van der Waals surface area (Å²) >= 11 is 0. The van der Waals surface area contributed by atoms with Gasteiger partial charge in [-0.2, -0.15) is 13.7 Å². The summed E-state index contributed by atoms with van der Waals surface area (Å²) in [4.78, 5) is 14.0. The summed E-state index contributed by atoms with van der Waals surface area (Å²) in [5.41, 5.74) is 1.20. The molecule has 1 amide bonds. The van der Waals surface area contributed by atoms with Crippen molar-refractivity contribution < 1.29 is 17.9 Å². The van der Waals surface area contributed by atoms with Crippen molar-refractivity contribution in [2.45, 2.75) is 24.2 Å². The molecule has 1 aliphatic heterocycles. The van der Waals surface area contributed by atoms with Gasteiger partial charge >= 0.3 is 0 Å². The fraction of sp³-hybridized carbons (Fsp3) is 0.286. The van der Waals surface area contributed by atoms with E-state index in [0.29, 0.717) is 30.1 Å². The first-order valence-corrected chi connectivity index (χ1v) is 10.8. The van der Waals surface area contributed by atoms with Gasteiger partial charge in [-0.25, -0.2) is 0 Å². The molecule has 0 radical (unpaired) electrons. The van der Waals surface area contributed by atoms with Gasteiger partial charge in [0.05, 0.1) is 17.4 Å². The maximum absolute atomic E-state index is 12.6. The van der Waals surface area contributed by atoms with Crippen molar-refractivity contribution in [3.63, 3.8) is 0 Å². The van der Waals surface area contributed by atoms with Crippen molar-refractivity contribution in [3.8, 4) is 11.8 Å². The minimum absolute atomic E-state index is 0.0158. The summed E-state index contributed by atoms with van der Waals surface area (Å²) in [5.74, 6) is 0.616. The number of nitrogens with zero attached hydrogens (tertiary/aromatic N) is 3. The van der Waals surface area contributed by atoms with E-state index in [4.69, 9.17) is 10.00 Å². The number of anilines is 1. The number of rotatable bonds is 7. The number of likely N-dealkylation sites (tertiary alicyclic amines) is 1. The zero-order valence-electron chi connectivity index (χ0n) is 16.5. The van der Waals surface area contributed by atoms with Gasteiger partial charge in [-0.15, -0.1) is 4.40 Å². The highest BCUT2D eigenvalue weighted by molar-refractivity contribution is 7.90. The van der Waals surface area contributed by atoms with Crippen molar-refractivity contribution in [3.05, 3.63) is 54.1 Å². The van der Waals surface area contributed by atoms with Gasteiger partial charge in [0.2, 0.25) is 0 Å². The normalized spacial score (nSPS) is 15.1. The van der Waals surface area contributed by atoms with Crippen LogP contribution in [0.25, 0.3) is 0 Å². The van der Waals surface area contributed by atoms with E-state index in [1.807, 2.05) is 11.9 Å². The van der Waals surface area contributed by atoms with Crippen molar-refractivity contribution >= 4 is 27.5 Å². The highest BCUT2D eigenvalue weighted by Gasteiger charge is 2.20. The molecule has 0 unspecified atom stereocenters. The second-order valence-electron chi connectivity index (χ2n) is 6.85. The van der Waals surface area contributed by atoms with Gasteiger partial charge in [0, 0.05) is 25.7 Å². The Bertz CT molecular complexity index is 1090. The van der Waals surface area contributed by atoms with Crippen molar-refractivity contribution in [1.29, 1.82) is 5.26 Å². The fourth-order valence-electron chi connectivity index (χ4n) is 2.98. The summed E-state index contributed by atoms with van der Waals surface area (Å²) < 4.78 is 34.5. The minimum atomic E-state index is -3.86. The molecular weight excluding hydrogens is 404 g/mol. The third kappa shape index (κ3) is 5.58. The van der Waals surface area contributed by atoms with Crippen LogP contribution in [-0.4, -0.2) is 45.3 Å². The van der Waals surface area contributed by atoms with Crippen LogP contribution in [0.5, 0.6) is 5.75 Å². The molecule has 1 saturated heterocycles. The highest BCUT2D eigenvalue weighted by Crippen LogP contribution is 2.20. The summed E-state index contributed by atoms with van der Waals surface area (Å²) in [7, 11) is -2.04. The molecule has 1 heterocycles. The van der Waals surface area contributed by atoms with E-state index in [0.717, 1.165) is 18.5 Å². The van der Waals surface area contributed by atoms with E-state index in [1.165, 1.54) is 12.1 Å². The van der Waals surface area contributed by atoms with Crippen LogP contribution in [0, 0.1) is 11.3 Å². The highest BCUT2D eigenvalue weighted by atomic mass is 32.2. The lowest BCUT2D eigenvalue weighted by Crippen LogP contribution is -2.21. The van der Waals surface area contributed by atoms with E-state index in [1.54, 1.807) is 36.4 Å². The maximum atomic E-state index is 12.6. The van der Waals surface area contributed by atoms with E-state index < -0.39 is 15.9 Å². The Balaban J connectivity index is 1.62. The molecule has 156 valence electrons. The Hall–Kier alpha value is -3.38. The van der Waals surface area contributed by atoms with Crippen molar-refractivity contribution in [2.24, 2.45) is 4.40 Å². The van der Waals surface area contributed by atoms with E-state index >= 15 is 0 Å². The van der Waals surface area contributed by atoms with Gasteiger partial charge in [-0.3, -0.25) is 4.79 Å². The van der Waals surface area contributed by atoms with E-state index in [-0.39, 0.29) is 11.5 Å². The molecule has 0 aromatic heterocycles. The lowest BCUT2D eigenvalue weighted by molar-refractivity contribution is -0.118. The van der Waals surface area contributed by atoms with Gasteiger partial charge in [0.15, 0.2) is 6.61 Å². The van der Waals surface area contributed by atoms with Crippen LogP contribution in [-0.2, 0) is 21.2 Å². The number of carbonyl (C=O) groups excluding carboxylic acids is 1. The summed E-state index contributed by atoms with van der Waals surface area (Å²) in [6, 6.07) is 14.9. The van der Waals surface area contributed by atoms with Crippen LogP contribution in [0.2, 0.25) is 0 Å². The SMILES string of the molecule is CN1CCC/C1=N\S(=O)(=O)c1cccc(NC(=O)COc2ccc(CC#N)cc2)c1. The number of ether oxygens (including phenoxy) is 1. The second-order valence-corrected chi connectivity index (χ2v) is 8.46. The number of amidine groups is 1. The zero-order chi connectivity index (χ0) is 21.6. The lowest BCUT2D eigenvalue weighted by Gasteiger charge is -2.11. The quantitative estimate of drug-likeness (QED) is 0.728. The van der Waals surface area contributed by atoms with E-state index in [2.05, 4.69) is 15.8 Å². The molecule has 0 bridgehead atoms. The second kappa shape index (κ2) is 9.41. The number of sulfonamides is 1. The average Bonchev–Trinajstić information content (AvgIpc) is 3.12. The molecule has 1 fully saturated rings. The zero-order valence-corrected chi connectivity index (χ0v) is 17.4. The molecule has 0 aliphatic carbocycles. The lowest BCUT2D eigenvalue weighted by atomic mass is 10.2. The predicted octanol–water partition coefficient (Wildman–Crippen LogP) is 2.58. The van der Waals surface area contributed by atoms with Gasteiger partial charge < -0.3 is 15.0 Å². The Morgan fingerprint density at radius 1 is 1.27 bits per heavy atom. The maximum Gasteiger partial charge on any atom is 0.284 e. The molecule has 3 rings (SSSR count). The molecule has 2 aromatic rings. The average molecular weight is 426 g/mol. The molecule has 0 atom stereocenters. The Morgan fingerprint density at radius 2 is 2.03 bits per heavy atom. The number of nitrogens with one attached hydrogen (secondary N) is 1. The van der Waals surface area contributed by atoms with Crippen LogP contribution < -0.4 is 10.1 Å². The van der Waals surface area contributed by atoms with Gasteiger partial charge in [0.1, 0.15) is 11.6 Å². The summed E-state index contributed by atoms with van der Waals surface area (Å²) in [6.07, 6.45) is 1.81. The molecule has 1 N–H and O–H groups in total. The molecule has 0 spiro atoms. The monoisotopic (exact) mass is 426 g/mol. The predicted molar refractivity (Wildman–Crippen MR) is 113 cm³/mol. The Labute approximate surface area is 175 Å². The smallest absolute Gasteiger partial charge is 0.284 e. The van der Waals surface area contributed by atoms with Gasteiger partial charge in [-0.1, -0.05) is 18.2 Å². The Morgan fingerprint density at radius 3 is 2.70 bits per heavy atom. The van der Waals surface area contributed by atoms with Gasteiger partial charge in [0.25, 0.3) is 15.9 Å². The number of nitriles is 1. The molecule has 9 heteroatoms. The first-order valence-electron chi connectivity index (χ1n) is 9.41. The molecule has 8 nitrogen and oxygen atoms in total. The first-order chi connectivity index (χ1) is 14.4. The van der Waals surface area contributed by atoms with Gasteiger partial charge in [-0.05, 0) is 42.3 Å². The van der Waals surface area contributed by atoms with Crippen LogP contribution in [0.1, 0.15) is 18.4 Å². The van der Waals surface area contributed by atoms with Crippen molar-refractivity contribution in [1.82, 2.24) is 4.90 Å². The Kier molecular flexibility index (Phi) is 6.69. The molecule has 30 heavy (non-hydrogen) atoms. The van der Waals surface area contributed by atoms with Crippen LogP contribution in [0.15, 0.2) is 57.8 Å². The van der Waals surface area contributed by atoms with Crippen LogP contribution in [0.4, 0.5) is 5.69 Å². The fourth-order valence-corrected chi connectivity index (χ4v) is 4.12.